The molecule has 1 N–H and O–H groups in total. The van der Waals surface area contributed by atoms with E-state index in [2.05, 4.69) is 12.2 Å². The molecule has 0 aromatic heterocycles. The Morgan fingerprint density at radius 1 is 0.792 bits per heavy atom. The summed E-state index contributed by atoms with van der Waals surface area (Å²) in [5.41, 5.74) is 0. The molecule has 24 heavy (non-hydrogen) atoms. The van der Waals surface area contributed by atoms with Crippen LogP contribution in [0.1, 0.15) is 27.2 Å². The summed E-state index contributed by atoms with van der Waals surface area (Å²) in [5, 5.41) is 2.73. The van der Waals surface area contributed by atoms with Gasteiger partial charge in [-0.05, 0) is 12.3 Å². The highest BCUT2D eigenvalue weighted by atomic mass is 16.6. The minimum absolute atomic E-state index is 0.102. The Balaban J connectivity index is 3.10. The molecule has 0 radical (unpaired) electrons. The molecule has 144 valence electrons. The van der Waals surface area contributed by atoms with Gasteiger partial charge in [0.25, 0.3) is 0 Å². The van der Waals surface area contributed by atoms with Crippen LogP contribution in [0.2, 0.25) is 0 Å². The summed E-state index contributed by atoms with van der Waals surface area (Å²) in [7, 11) is 0. The van der Waals surface area contributed by atoms with Crippen LogP contribution in [0.5, 0.6) is 0 Å². The highest BCUT2D eigenvalue weighted by Crippen LogP contribution is 1.91. The first kappa shape index (κ1) is 23.3. The van der Waals surface area contributed by atoms with E-state index in [1.165, 1.54) is 0 Å². The molecule has 0 heterocycles. The van der Waals surface area contributed by atoms with E-state index < -0.39 is 0 Å². The number of hydrogen-bond donors (Lipinski definition) is 1. The Hall–Kier alpha value is -0.730. The fourth-order valence-corrected chi connectivity index (χ4v) is 1.61. The van der Waals surface area contributed by atoms with Crippen molar-refractivity contribution in [1.29, 1.82) is 0 Å². The number of hydrogen-bond acceptors (Lipinski definition) is 6. The van der Waals surface area contributed by atoms with Crippen molar-refractivity contribution in [2.75, 3.05) is 72.6 Å². The molecule has 0 saturated carbocycles. The summed E-state index contributed by atoms with van der Waals surface area (Å²) >= 11 is 0. The van der Waals surface area contributed by atoms with Crippen LogP contribution in [0.4, 0.5) is 0 Å². The monoisotopic (exact) mass is 349 g/mol. The van der Waals surface area contributed by atoms with E-state index in [1.807, 2.05) is 13.8 Å². The number of ether oxygens (including phenoxy) is 5. The zero-order chi connectivity index (χ0) is 17.9. The van der Waals surface area contributed by atoms with Gasteiger partial charge in [-0.1, -0.05) is 20.8 Å². The van der Waals surface area contributed by atoms with Gasteiger partial charge in [-0.3, -0.25) is 4.79 Å². The fourth-order valence-electron chi connectivity index (χ4n) is 1.61. The fraction of sp³-hybridized carbons (Fsp3) is 0.941. The Kier molecular flexibility index (Phi) is 18.0. The number of nitrogens with one attached hydrogen (secondary N) is 1. The summed E-state index contributed by atoms with van der Waals surface area (Å²) in [6.07, 6.45) is 1.03. The third kappa shape index (κ3) is 19.3. The summed E-state index contributed by atoms with van der Waals surface area (Å²) in [5.74, 6) is 0.316. The lowest BCUT2D eigenvalue weighted by atomic mass is 10.2. The highest BCUT2D eigenvalue weighted by molar-refractivity contribution is 5.77. The first-order valence-electron chi connectivity index (χ1n) is 8.82. The lowest BCUT2D eigenvalue weighted by Gasteiger charge is -2.09. The minimum atomic E-state index is -0.115. The van der Waals surface area contributed by atoms with E-state index in [0.717, 1.165) is 13.0 Å². The van der Waals surface area contributed by atoms with Gasteiger partial charge in [-0.25, -0.2) is 0 Å². The Labute approximate surface area is 146 Å². The van der Waals surface area contributed by atoms with Gasteiger partial charge in [-0.2, -0.15) is 0 Å². The van der Waals surface area contributed by atoms with Crippen molar-refractivity contribution in [3.05, 3.63) is 0 Å². The molecule has 1 amide bonds. The third-order valence-corrected chi connectivity index (χ3v) is 2.72. The van der Waals surface area contributed by atoms with Crippen LogP contribution < -0.4 is 5.32 Å². The molecular weight excluding hydrogens is 314 g/mol. The van der Waals surface area contributed by atoms with Crippen LogP contribution in [0.15, 0.2) is 0 Å². The van der Waals surface area contributed by atoms with E-state index in [9.17, 15) is 4.79 Å². The van der Waals surface area contributed by atoms with Gasteiger partial charge >= 0.3 is 0 Å². The number of amides is 1. The Morgan fingerprint density at radius 2 is 1.29 bits per heavy atom. The zero-order valence-corrected chi connectivity index (χ0v) is 15.5. The smallest absolute Gasteiger partial charge is 0.246 e. The molecule has 0 aromatic carbocycles. The van der Waals surface area contributed by atoms with Gasteiger partial charge < -0.3 is 29.0 Å². The molecule has 0 rings (SSSR count). The van der Waals surface area contributed by atoms with Crippen molar-refractivity contribution >= 4 is 5.91 Å². The van der Waals surface area contributed by atoms with Gasteiger partial charge in [0.1, 0.15) is 6.61 Å². The van der Waals surface area contributed by atoms with E-state index >= 15 is 0 Å². The van der Waals surface area contributed by atoms with Gasteiger partial charge in [-0.15, -0.1) is 0 Å². The second-order valence-electron chi connectivity index (χ2n) is 5.71. The molecule has 0 aromatic rings. The quantitative estimate of drug-likeness (QED) is 0.375. The van der Waals surface area contributed by atoms with Crippen molar-refractivity contribution in [3.8, 4) is 0 Å². The number of rotatable bonds is 18. The molecule has 0 saturated heterocycles. The lowest BCUT2D eigenvalue weighted by molar-refractivity contribution is -0.126. The molecule has 0 atom stereocenters. The van der Waals surface area contributed by atoms with Crippen LogP contribution in [-0.2, 0) is 28.5 Å². The van der Waals surface area contributed by atoms with Crippen molar-refractivity contribution in [3.63, 3.8) is 0 Å². The highest BCUT2D eigenvalue weighted by Gasteiger charge is 2.01. The van der Waals surface area contributed by atoms with Crippen LogP contribution in [-0.4, -0.2) is 78.5 Å². The lowest BCUT2D eigenvalue weighted by Crippen LogP contribution is -2.31. The standard InChI is InChI=1S/C17H35NO6/c1-4-6-20-8-10-22-12-13-23-11-9-21-7-5-18-17(19)15-24-14-16(2)3/h16H,4-15H2,1-3H3,(H,18,19). The molecule has 0 fully saturated rings. The number of carbonyl (C=O) groups excluding carboxylic acids is 1. The first-order valence-corrected chi connectivity index (χ1v) is 8.82. The van der Waals surface area contributed by atoms with Gasteiger partial charge in [0.2, 0.25) is 5.91 Å². The maximum absolute atomic E-state index is 11.4. The van der Waals surface area contributed by atoms with Crippen molar-refractivity contribution in [1.82, 2.24) is 5.32 Å². The van der Waals surface area contributed by atoms with Crippen LogP contribution in [0, 0.1) is 5.92 Å². The maximum atomic E-state index is 11.4. The molecule has 0 bridgehead atoms. The van der Waals surface area contributed by atoms with Crippen LogP contribution in [0.3, 0.4) is 0 Å². The SMILES string of the molecule is CCCOCCOCCOCCOCCNC(=O)COCC(C)C. The molecule has 7 heteroatoms. The van der Waals surface area contributed by atoms with Gasteiger partial charge in [0, 0.05) is 19.8 Å². The molecular formula is C17H35NO6. The second kappa shape index (κ2) is 18.6. The second-order valence-corrected chi connectivity index (χ2v) is 5.71. The maximum Gasteiger partial charge on any atom is 0.246 e. The van der Waals surface area contributed by atoms with E-state index in [-0.39, 0.29) is 12.5 Å². The zero-order valence-electron chi connectivity index (χ0n) is 15.5. The summed E-state index contributed by atoms with van der Waals surface area (Å²) in [4.78, 5) is 11.4. The summed E-state index contributed by atoms with van der Waals surface area (Å²) in [6.45, 7) is 11.9. The molecule has 0 aliphatic heterocycles. The largest absolute Gasteiger partial charge is 0.379 e. The Morgan fingerprint density at radius 3 is 1.79 bits per heavy atom. The van der Waals surface area contributed by atoms with E-state index in [1.54, 1.807) is 0 Å². The first-order chi connectivity index (χ1) is 11.7. The Bertz CT molecular complexity index is 276. The van der Waals surface area contributed by atoms with Crippen LogP contribution in [0.25, 0.3) is 0 Å². The third-order valence-electron chi connectivity index (χ3n) is 2.72. The summed E-state index contributed by atoms with van der Waals surface area (Å²) < 4.78 is 26.6. The van der Waals surface area contributed by atoms with E-state index in [0.29, 0.717) is 65.3 Å². The molecule has 7 nitrogen and oxygen atoms in total. The molecule has 0 aliphatic rings. The number of carbonyl (C=O) groups is 1. The average Bonchev–Trinajstić information content (AvgIpc) is 2.55. The van der Waals surface area contributed by atoms with Crippen molar-refractivity contribution in [2.24, 2.45) is 5.92 Å². The van der Waals surface area contributed by atoms with Crippen molar-refractivity contribution < 1.29 is 28.5 Å². The van der Waals surface area contributed by atoms with Crippen LogP contribution >= 0.6 is 0 Å². The average molecular weight is 349 g/mol. The predicted octanol–water partition coefficient (Wildman–Crippen LogP) is 1.25. The minimum Gasteiger partial charge on any atom is -0.379 e. The summed E-state index contributed by atoms with van der Waals surface area (Å²) in [6, 6.07) is 0. The van der Waals surface area contributed by atoms with E-state index in [4.69, 9.17) is 23.7 Å². The normalized spacial score (nSPS) is 11.2. The topological polar surface area (TPSA) is 75.3 Å². The predicted molar refractivity (Wildman–Crippen MR) is 92.2 cm³/mol. The van der Waals surface area contributed by atoms with Gasteiger partial charge in [0.15, 0.2) is 0 Å². The molecule has 0 spiro atoms. The van der Waals surface area contributed by atoms with Gasteiger partial charge in [0.05, 0.1) is 46.2 Å². The molecule has 0 unspecified atom stereocenters. The molecule has 0 aliphatic carbocycles. The van der Waals surface area contributed by atoms with Crippen molar-refractivity contribution in [2.45, 2.75) is 27.2 Å².